The van der Waals surface area contributed by atoms with Crippen molar-refractivity contribution < 1.29 is 18.0 Å². The van der Waals surface area contributed by atoms with E-state index in [2.05, 4.69) is 20.5 Å². The fraction of sp³-hybridized carbons (Fsp3) is 0.158. The molecule has 3 aromatic heterocycles. The molecule has 0 unspecified atom stereocenters. The molecule has 154 valence electrons. The number of benzene rings is 1. The van der Waals surface area contributed by atoms with Gasteiger partial charge in [0.05, 0.1) is 5.56 Å². The van der Waals surface area contributed by atoms with E-state index in [0.717, 1.165) is 0 Å². The van der Waals surface area contributed by atoms with Crippen LogP contribution in [0.5, 0.6) is 0 Å². The molecule has 1 aromatic carbocycles. The summed E-state index contributed by atoms with van der Waals surface area (Å²) in [6.45, 7) is 1.43. The molecule has 8 nitrogen and oxygen atoms in total. The molecule has 0 aliphatic carbocycles. The second-order valence-corrected chi connectivity index (χ2v) is 6.61. The Hall–Kier alpha value is -3.89. The van der Waals surface area contributed by atoms with Crippen LogP contribution in [0.25, 0.3) is 16.8 Å². The number of hydrogen-bond acceptors (Lipinski definition) is 4. The van der Waals surface area contributed by atoms with E-state index in [-0.39, 0.29) is 33.8 Å². The maximum absolute atomic E-state index is 13.7. The minimum atomic E-state index is -4.80. The SMILES string of the molecule is Cc1[nH]c2c(-c3ccccc3)c(C(F)(F)F)nn2c(=O)c1C(=O)Nc1ccn(C)n1. The highest BCUT2D eigenvalue weighted by atomic mass is 19.4. The van der Waals surface area contributed by atoms with Gasteiger partial charge in [0.2, 0.25) is 0 Å². The number of alkyl halides is 3. The number of aromatic amines is 1. The van der Waals surface area contributed by atoms with Gasteiger partial charge in [0.25, 0.3) is 11.5 Å². The van der Waals surface area contributed by atoms with Crippen molar-refractivity contribution in [3.8, 4) is 11.1 Å². The number of fused-ring (bicyclic) bond motifs is 1. The van der Waals surface area contributed by atoms with Crippen molar-refractivity contribution >= 4 is 17.4 Å². The first-order valence-electron chi connectivity index (χ1n) is 8.76. The lowest BCUT2D eigenvalue weighted by atomic mass is 10.1. The topological polar surface area (TPSA) is 97.1 Å². The summed E-state index contributed by atoms with van der Waals surface area (Å²) >= 11 is 0. The van der Waals surface area contributed by atoms with Crippen molar-refractivity contribution in [3.05, 3.63) is 69.9 Å². The lowest BCUT2D eigenvalue weighted by Crippen LogP contribution is -2.29. The van der Waals surface area contributed by atoms with Crippen molar-refractivity contribution in [2.45, 2.75) is 13.1 Å². The van der Waals surface area contributed by atoms with Gasteiger partial charge in [-0.15, -0.1) is 0 Å². The van der Waals surface area contributed by atoms with Crippen molar-refractivity contribution in [2.24, 2.45) is 7.05 Å². The van der Waals surface area contributed by atoms with Crippen LogP contribution in [0.2, 0.25) is 0 Å². The molecule has 30 heavy (non-hydrogen) atoms. The molecule has 0 aliphatic rings. The molecule has 11 heteroatoms. The third-order valence-corrected chi connectivity index (χ3v) is 4.49. The second-order valence-electron chi connectivity index (χ2n) is 6.61. The lowest BCUT2D eigenvalue weighted by molar-refractivity contribution is -0.140. The Morgan fingerprint density at radius 2 is 1.83 bits per heavy atom. The largest absolute Gasteiger partial charge is 0.435 e. The van der Waals surface area contributed by atoms with Gasteiger partial charge in [-0.2, -0.15) is 27.9 Å². The van der Waals surface area contributed by atoms with E-state index in [0.29, 0.717) is 4.52 Å². The lowest BCUT2D eigenvalue weighted by Gasteiger charge is -2.08. The van der Waals surface area contributed by atoms with Crippen LogP contribution in [-0.4, -0.2) is 30.3 Å². The molecule has 3 heterocycles. The van der Waals surface area contributed by atoms with E-state index < -0.39 is 23.3 Å². The fourth-order valence-electron chi connectivity index (χ4n) is 3.19. The van der Waals surface area contributed by atoms with Crippen LogP contribution in [-0.2, 0) is 13.2 Å². The average Bonchev–Trinajstić information content (AvgIpc) is 3.26. The van der Waals surface area contributed by atoms with E-state index in [4.69, 9.17) is 0 Å². The molecule has 0 saturated carbocycles. The predicted octanol–water partition coefficient (Wildman–Crippen LogP) is 3.00. The Balaban J connectivity index is 1.93. The third-order valence-electron chi connectivity index (χ3n) is 4.49. The Bertz CT molecular complexity index is 1320. The first-order valence-corrected chi connectivity index (χ1v) is 8.76. The molecule has 2 N–H and O–H groups in total. The molecule has 0 radical (unpaired) electrons. The third kappa shape index (κ3) is 3.23. The highest BCUT2D eigenvalue weighted by Crippen LogP contribution is 2.38. The van der Waals surface area contributed by atoms with Crippen LogP contribution < -0.4 is 10.9 Å². The smallest absolute Gasteiger partial charge is 0.342 e. The zero-order valence-corrected chi connectivity index (χ0v) is 15.8. The summed E-state index contributed by atoms with van der Waals surface area (Å²) in [5.74, 6) is -0.609. The number of halogens is 3. The Kier molecular flexibility index (Phi) is 4.45. The van der Waals surface area contributed by atoms with Gasteiger partial charge < -0.3 is 10.3 Å². The van der Waals surface area contributed by atoms with E-state index >= 15 is 0 Å². The molecule has 0 fully saturated rings. The molecule has 0 aliphatic heterocycles. The quantitative estimate of drug-likeness (QED) is 0.537. The Morgan fingerprint density at radius 1 is 1.13 bits per heavy atom. The van der Waals surface area contributed by atoms with Crippen LogP contribution >= 0.6 is 0 Å². The van der Waals surface area contributed by atoms with Crippen molar-refractivity contribution in [1.29, 1.82) is 0 Å². The molecule has 0 saturated heterocycles. The molecule has 4 rings (SSSR count). The van der Waals surface area contributed by atoms with Crippen molar-refractivity contribution in [2.75, 3.05) is 5.32 Å². The number of nitrogens with one attached hydrogen (secondary N) is 2. The number of carbonyl (C=O) groups excluding carboxylic acids is 1. The highest BCUT2D eigenvalue weighted by Gasteiger charge is 2.39. The molecule has 0 atom stereocenters. The predicted molar refractivity (Wildman–Crippen MR) is 102 cm³/mol. The van der Waals surface area contributed by atoms with Crippen LogP contribution in [0.1, 0.15) is 21.7 Å². The Morgan fingerprint density at radius 3 is 2.43 bits per heavy atom. The fourth-order valence-corrected chi connectivity index (χ4v) is 3.19. The summed E-state index contributed by atoms with van der Waals surface area (Å²) in [4.78, 5) is 28.3. The van der Waals surface area contributed by atoms with Gasteiger partial charge >= 0.3 is 6.18 Å². The summed E-state index contributed by atoms with van der Waals surface area (Å²) in [7, 11) is 1.65. The second kappa shape index (κ2) is 6.87. The zero-order chi connectivity index (χ0) is 21.6. The number of carbonyl (C=O) groups is 1. The summed E-state index contributed by atoms with van der Waals surface area (Å²) in [5, 5.41) is 9.95. The van der Waals surface area contributed by atoms with Crippen LogP contribution in [0.4, 0.5) is 19.0 Å². The zero-order valence-electron chi connectivity index (χ0n) is 15.8. The maximum atomic E-state index is 13.7. The molecule has 1 amide bonds. The van der Waals surface area contributed by atoms with Gasteiger partial charge in [-0.25, -0.2) is 0 Å². The minimum Gasteiger partial charge on any atom is -0.342 e. The van der Waals surface area contributed by atoms with Gasteiger partial charge in [-0.3, -0.25) is 14.3 Å². The highest BCUT2D eigenvalue weighted by molar-refractivity contribution is 6.04. The van der Waals surface area contributed by atoms with E-state index in [1.165, 1.54) is 29.8 Å². The van der Waals surface area contributed by atoms with E-state index in [9.17, 15) is 22.8 Å². The summed E-state index contributed by atoms with van der Waals surface area (Å²) in [5.41, 5.74) is -2.62. The van der Waals surface area contributed by atoms with Gasteiger partial charge in [-0.05, 0) is 12.5 Å². The van der Waals surface area contributed by atoms with Gasteiger partial charge in [0, 0.05) is 25.0 Å². The van der Waals surface area contributed by atoms with E-state index in [1.807, 2.05) is 0 Å². The number of nitrogens with zero attached hydrogens (tertiary/aromatic N) is 4. The maximum Gasteiger partial charge on any atom is 0.435 e. The van der Waals surface area contributed by atoms with Crippen molar-refractivity contribution in [1.82, 2.24) is 24.4 Å². The average molecular weight is 416 g/mol. The summed E-state index contributed by atoms with van der Waals surface area (Å²) < 4.78 is 43.0. The van der Waals surface area contributed by atoms with Crippen LogP contribution in [0.15, 0.2) is 47.4 Å². The first-order chi connectivity index (χ1) is 14.2. The standard InChI is InChI=1S/C19H15F3N6O2/c1-10-13(17(29)24-12-8-9-27(2)25-12)18(30)28-16(23-10)14(11-6-4-3-5-7-11)15(26-28)19(20,21)22/h3-9,23H,1-2H3,(H,24,25,29). The number of aromatic nitrogens is 5. The first kappa shape index (κ1) is 19.4. The monoisotopic (exact) mass is 416 g/mol. The van der Waals surface area contributed by atoms with Crippen LogP contribution in [0, 0.1) is 6.92 Å². The molecular weight excluding hydrogens is 401 g/mol. The normalized spacial score (nSPS) is 11.8. The number of anilines is 1. The molecule has 4 aromatic rings. The summed E-state index contributed by atoms with van der Waals surface area (Å²) in [6.07, 6.45) is -3.22. The minimum absolute atomic E-state index is 0.103. The number of rotatable bonds is 3. The Labute approximate surface area is 167 Å². The van der Waals surface area contributed by atoms with Crippen LogP contribution in [0.3, 0.4) is 0 Å². The summed E-state index contributed by atoms with van der Waals surface area (Å²) in [6, 6.07) is 9.32. The van der Waals surface area contributed by atoms with Gasteiger partial charge in [0.1, 0.15) is 11.2 Å². The van der Waals surface area contributed by atoms with E-state index in [1.54, 1.807) is 31.4 Å². The van der Waals surface area contributed by atoms with Gasteiger partial charge in [-0.1, -0.05) is 30.3 Å². The number of hydrogen-bond donors (Lipinski definition) is 2. The number of amides is 1. The number of aryl methyl sites for hydroxylation is 2. The number of H-pyrrole nitrogens is 1. The molecular formula is C19H15F3N6O2. The van der Waals surface area contributed by atoms with Gasteiger partial charge in [0.15, 0.2) is 11.5 Å². The van der Waals surface area contributed by atoms with Crippen molar-refractivity contribution in [3.63, 3.8) is 0 Å². The molecule has 0 spiro atoms. The molecule has 0 bridgehead atoms.